The van der Waals surface area contributed by atoms with Crippen LogP contribution in [-0.4, -0.2) is 4.57 Å². The molecule has 19 heavy (non-hydrogen) atoms. The first-order valence-electron chi connectivity index (χ1n) is 5.92. The van der Waals surface area contributed by atoms with Gasteiger partial charge in [0.25, 0.3) is 0 Å². The number of anilines is 1. The summed E-state index contributed by atoms with van der Waals surface area (Å²) in [5.74, 6) is 0. The van der Waals surface area contributed by atoms with Gasteiger partial charge in [-0.3, -0.25) is 0 Å². The van der Waals surface area contributed by atoms with E-state index in [0.717, 1.165) is 15.7 Å². The van der Waals surface area contributed by atoms with E-state index in [4.69, 9.17) is 17.3 Å². The molecule has 2 aromatic carbocycles. The fourth-order valence-corrected chi connectivity index (χ4v) is 2.84. The van der Waals surface area contributed by atoms with Gasteiger partial charge in [-0.1, -0.05) is 33.6 Å². The molecular weight excluding hydrogens is 324 g/mol. The van der Waals surface area contributed by atoms with Crippen LogP contribution in [0.3, 0.4) is 0 Å². The summed E-state index contributed by atoms with van der Waals surface area (Å²) in [5, 5.41) is 1.90. The van der Waals surface area contributed by atoms with Gasteiger partial charge >= 0.3 is 0 Å². The van der Waals surface area contributed by atoms with Gasteiger partial charge in [-0.05, 0) is 36.4 Å². The van der Waals surface area contributed by atoms with E-state index in [1.165, 1.54) is 10.9 Å². The van der Waals surface area contributed by atoms with Crippen molar-refractivity contribution >= 4 is 44.1 Å². The maximum Gasteiger partial charge on any atom is 0.0511 e. The minimum Gasteiger partial charge on any atom is -0.398 e. The Bertz CT molecular complexity index is 729. The quantitative estimate of drug-likeness (QED) is 0.677. The maximum absolute atomic E-state index is 6.22. The van der Waals surface area contributed by atoms with Crippen molar-refractivity contribution in [3.63, 3.8) is 0 Å². The van der Waals surface area contributed by atoms with Crippen molar-refractivity contribution in [1.82, 2.24) is 4.57 Å². The summed E-state index contributed by atoms with van der Waals surface area (Å²) in [7, 11) is 0. The van der Waals surface area contributed by atoms with Crippen LogP contribution in [0.1, 0.15) is 5.56 Å². The number of nitrogens with zero attached hydrogens (tertiary/aromatic N) is 1. The van der Waals surface area contributed by atoms with Gasteiger partial charge in [-0.15, -0.1) is 0 Å². The molecule has 0 aliphatic rings. The molecule has 0 radical (unpaired) electrons. The summed E-state index contributed by atoms with van der Waals surface area (Å²) in [5.41, 5.74) is 8.86. The highest BCUT2D eigenvalue weighted by Crippen LogP contribution is 2.26. The minimum absolute atomic E-state index is 0.677. The molecule has 2 N–H and O–H groups in total. The predicted molar refractivity (Wildman–Crippen MR) is 84.6 cm³/mol. The van der Waals surface area contributed by atoms with Crippen LogP contribution >= 0.6 is 27.5 Å². The van der Waals surface area contributed by atoms with E-state index in [2.05, 4.69) is 44.9 Å². The van der Waals surface area contributed by atoms with Crippen LogP contribution in [0, 0.1) is 0 Å². The molecule has 4 heteroatoms. The first-order valence-corrected chi connectivity index (χ1v) is 7.09. The second kappa shape index (κ2) is 4.91. The zero-order valence-electron chi connectivity index (χ0n) is 10.1. The third kappa shape index (κ3) is 2.36. The molecule has 1 heterocycles. The number of nitrogens with two attached hydrogens (primary N) is 1. The Kier molecular flexibility index (Phi) is 3.25. The van der Waals surface area contributed by atoms with Crippen molar-refractivity contribution in [3.05, 3.63) is 63.7 Å². The van der Waals surface area contributed by atoms with E-state index < -0.39 is 0 Å². The van der Waals surface area contributed by atoms with Gasteiger partial charge in [0.1, 0.15) is 0 Å². The van der Waals surface area contributed by atoms with Gasteiger partial charge in [-0.25, -0.2) is 0 Å². The molecule has 3 aromatic rings. The number of benzene rings is 2. The highest BCUT2D eigenvalue weighted by Gasteiger charge is 2.07. The summed E-state index contributed by atoms with van der Waals surface area (Å²) in [6.45, 7) is 0.677. The normalized spacial score (nSPS) is 11.1. The van der Waals surface area contributed by atoms with Gasteiger partial charge in [-0.2, -0.15) is 0 Å². The third-order valence-corrected chi connectivity index (χ3v) is 4.06. The second-order valence-corrected chi connectivity index (χ2v) is 5.78. The number of hydrogen-bond donors (Lipinski definition) is 1. The van der Waals surface area contributed by atoms with Gasteiger partial charge in [0.05, 0.1) is 6.54 Å². The highest BCUT2D eigenvalue weighted by atomic mass is 79.9. The summed E-state index contributed by atoms with van der Waals surface area (Å²) < 4.78 is 3.23. The Balaban J connectivity index is 2.06. The number of halogens is 2. The fourth-order valence-electron chi connectivity index (χ4n) is 2.22. The van der Waals surface area contributed by atoms with E-state index >= 15 is 0 Å². The Labute approximate surface area is 124 Å². The molecule has 0 amide bonds. The lowest BCUT2D eigenvalue weighted by atomic mass is 10.2. The Morgan fingerprint density at radius 1 is 1.16 bits per heavy atom. The van der Waals surface area contributed by atoms with E-state index in [9.17, 15) is 0 Å². The largest absolute Gasteiger partial charge is 0.398 e. The number of rotatable bonds is 2. The van der Waals surface area contributed by atoms with Crippen molar-refractivity contribution in [2.45, 2.75) is 6.54 Å². The molecule has 0 unspecified atom stereocenters. The Hall–Kier alpha value is -1.45. The highest BCUT2D eigenvalue weighted by molar-refractivity contribution is 9.10. The number of aromatic nitrogens is 1. The lowest BCUT2D eigenvalue weighted by molar-refractivity contribution is 0.839. The average molecular weight is 336 g/mol. The van der Waals surface area contributed by atoms with Crippen molar-refractivity contribution in [2.75, 3.05) is 5.73 Å². The molecular formula is C15H12BrClN2. The van der Waals surface area contributed by atoms with Crippen molar-refractivity contribution < 1.29 is 0 Å². The summed E-state index contributed by atoms with van der Waals surface area (Å²) in [4.78, 5) is 0. The molecule has 2 nitrogen and oxygen atoms in total. The van der Waals surface area contributed by atoms with E-state index in [1.807, 2.05) is 24.3 Å². The first-order chi connectivity index (χ1) is 9.15. The number of nitrogen functional groups attached to an aromatic ring is 1. The molecule has 0 aliphatic carbocycles. The van der Waals surface area contributed by atoms with Crippen LogP contribution in [0.5, 0.6) is 0 Å². The molecule has 0 spiro atoms. The number of fused-ring (bicyclic) bond motifs is 1. The van der Waals surface area contributed by atoms with E-state index in [1.54, 1.807) is 0 Å². The molecule has 0 saturated heterocycles. The fraction of sp³-hybridized carbons (Fsp3) is 0.0667. The first kappa shape index (κ1) is 12.6. The van der Waals surface area contributed by atoms with Crippen LogP contribution in [0.4, 0.5) is 5.69 Å². The zero-order chi connectivity index (χ0) is 13.4. The standard InChI is InChI=1S/C15H12BrClN2/c16-11-4-5-15-10(8-11)6-7-19(15)9-12-13(17)2-1-3-14(12)18/h1-8H,9,18H2. The van der Waals surface area contributed by atoms with Crippen LogP contribution in [-0.2, 0) is 6.54 Å². The predicted octanol–water partition coefficient (Wildman–Crippen LogP) is 4.69. The molecule has 96 valence electrons. The van der Waals surface area contributed by atoms with Crippen molar-refractivity contribution in [2.24, 2.45) is 0 Å². The lowest BCUT2D eigenvalue weighted by Gasteiger charge is -2.10. The molecule has 3 rings (SSSR count). The Morgan fingerprint density at radius 3 is 2.79 bits per heavy atom. The average Bonchev–Trinajstić information content (AvgIpc) is 2.76. The second-order valence-electron chi connectivity index (χ2n) is 4.45. The van der Waals surface area contributed by atoms with E-state index in [-0.39, 0.29) is 0 Å². The lowest BCUT2D eigenvalue weighted by Crippen LogP contribution is -2.02. The smallest absolute Gasteiger partial charge is 0.0511 e. The summed E-state index contributed by atoms with van der Waals surface area (Å²) in [6, 6.07) is 13.9. The van der Waals surface area contributed by atoms with Gasteiger partial charge in [0, 0.05) is 37.8 Å². The minimum atomic E-state index is 0.677. The van der Waals surface area contributed by atoms with Crippen LogP contribution in [0.15, 0.2) is 53.1 Å². The molecule has 0 saturated carbocycles. The summed E-state index contributed by atoms with van der Waals surface area (Å²) >= 11 is 9.70. The molecule has 0 bridgehead atoms. The van der Waals surface area contributed by atoms with Gasteiger partial charge in [0.2, 0.25) is 0 Å². The van der Waals surface area contributed by atoms with E-state index in [0.29, 0.717) is 11.6 Å². The third-order valence-electron chi connectivity index (χ3n) is 3.22. The SMILES string of the molecule is Nc1cccc(Cl)c1Cn1ccc2cc(Br)ccc21. The molecule has 0 atom stereocenters. The van der Waals surface area contributed by atoms with Crippen LogP contribution < -0.4 is 5.73 Å². The van der Waals surface area contributed by atoms with Gasteiger partial charge in [0.15, 0.2) is 0 Å². The molecule has 0 aliphatic heterocycles. The van der Waals surface area contributed by atoms with Crippen LogP contribution in [0.2, 0.25) is 5.02 Å². The monoisotopic (exact) mass is 334 g/mol. The molecule has 0 fully saturated rings. The molecule has 1 aromatic heterocycles. The summed E-state index contributed by atoms with van der Waals surface area (Å²) in [6.07, 6.45) is 2.06. The number of hydrogen-bond acceptors (Lipinski definition) is 1. The van der Waals surface area contributed by atoms with Crippen LogP contribution in [0.25, 0.3) is 10.9 Å². The van der Waals surface area contributed by atoms with Gasteiger partial charge < -0.3 is 10.3 Å². The maximum atomic E-state index is 6.22. The zero-order valence-corrected chi connectivity index (χ0v) is 12.4. The van der Waals surface area contributed by atoms with Crippen molar-refractivity contribution in [3.8, 4) is 0 Å². The van der Waals surface area contributed by atoms with Crippen molar-refractivity contribution in [1.29, 1.82) is 0 Å². The topological polar surface area (TPSA) is 30.9 Å². The Morgan fingerprint density at radius 2 is 2.00 bits per heavy atom.